The van der Waals surface area contributed by atoms with Crippen molar-refractivity contribution in [3.05, 3.63) is 121 Å². The maximum Gasteiger partial charge on any atom is 0.224 e. The average molecular weight is 927 g/mol. The zero-order valence-electron chi connectivity index (χ0n) is 35.6. The first kappa shape index (κ1) is 48.7. The van der Waals surface area contributed by atoms with Gasteiger partial charge >= 0.3 is 0 Å². The predicted octanol–water partition coefficient (Wildman–Crippen LogP) is 11.0. The van der Waals surface area contributed by atoms with Crippen molar-refractivity contribution in [1.29, 1.82) is 0 Å². The standard InChI is InChI=1S/C42H48N2O2P2.2C5H10.2Fe/c45-41(35-25-15-29-39(35)47(31-17-5-1-6-18-31)32-19-7-2-8-20-32)43-37-27-13-14-28-38(37)44-42(46)36-26-16-30-40(36)48(33-21-9-3-10-22-33)34-23-11-4-12-24-34;2*1-2-4-5-3-1;;/h1-12,17-24,35-40H,13-16,25-30H2,(H,43,45)(H,44,46);2*1-5H2;;/t35?,36?,37-,38-,39?,40?;;;;/m0..../s1. The normalized spacial score (nSPS) is 24.5. The monoisotopic (exact) mass is 926 g/mol. The number of amides is 2. The predicted molar refractivity (Wildman–Crippen MR) is 249 cm³/mol. The van der Waals surface area contributed by atoms with E-state index in [0.29, 0.717) is 11.3 Å². The molecule has 4 nitrogen and oxygen atoms in total. The van der Waals surface area contributed by atoms with Crippen LogP contribution in [0.2, 0.25) is 0 Å². The van der Waals surface area contributed by atoms with Gasteiger partial charge in [0.15, 0.2) is 0 Å². The summed E-state index contributed by atoms with van der Waals surface area (Å²) in [5.74, 6) is 0.375. The van der Waals surface area contributed by atoms with Gasteiger partial charge in [0.25, 0.3) is 0 Å². The summed E-state index contributed by atoms with van der Waals surface area (Å²) >= 11 is 0. The molecule has 5 aliphatic carbocycles. The van der Waals surface area contributed by atoms with Crippen molar-refractivity contribution in [3.63, 3.8) is 0 Å². The first-order chi connectivity index (χ1) is 28.7. The molecule has 2 N–H and O–H groups in total. The fraction of sp³-hybridized carbons (Fsp3) is 0.500. The van der Waals surface area contributed by atoms with Gasteiger partial charge in [0.05, 0.1) is 0 Å². The summed E-state index contributed by atoms with van der Waals surface area (Å²) in [7, 11) is -1.31. The molecule has 4 aromatic rings. The fourth-order valence-corrected chi connectivity index (χ4v) is 16.6. The molecule has 0 bridgehead atoms. The van der Waals surface area contributed by atoms with Gasteiger partial charge in [-0.1, -0.05) is 211 Å². The molecule has 5 aliphatic rings. The molecule has 60 heavy (non-hydrogen) atoms. The zero-order chi connectivity index (χ0) is 39.8. The Bertz CT molecular complexity index is 1570. The molecule has 4 aromatic carbocycles. The van der Waals surface area contributed by atoms with Crippen molar-refractivity contribution in [3.8, 4) is 0 Å². The Hall–Kier alpha value is -2.28. The van der Waals surface area contributed by atoms with E-state index in [-0.39, 0.29) is 69.9 Å². The van der Waals surface area contributed by atoms with Crippen molar-refractivity contribution < 1.29 is 43.7 Å². The second-order valence-electron chi connectivity index (χ2n) is 17.3. The summed E-state index contributed by atoms with van der Waals surface area (Å²) in [5, 5.41) is 12.5. The van der Waals surface area contributed by atoms with Crippen LogP contribution in [0, 0.1) is 11.8 Å². The molecule has 6 atom stereocenters. The largest absolute Gasteiger partial charge is 0.351 e. The van der Waals surface area contributed by atoms with E-state index in [1.54, 1.807) is 0 Å². The summed E-state index contributed by atoms with van der Waals surface area (Å²) < 4.78 is 0. The van der Waals surface area contributed by atoms with Crippen LogP contribution in [0.25, 0.3) is 0 Å². The summed E-state index contributed by atoms with van der Waals surface area (Å²) in [6.07, 6.45) is 25.2. The number of hydrogen-bond acceptors (Lipinski definition) is 2. The van der Waals surface area contributed by atoms with Crippen LogP contribution in [0.5, 0.6) is 0 Å². The van der Waals surface area contributed by atoms with Crippen LogP contribution < -0.4 is 31.9 Å². The Kier molecular flexibility index (Phi) is 21.4. The summed E-state index contributed by atoms with van der Waals surface area (Å²) in [4.78, 5) is 28.4. The van der Waals surface area contributed by atoms with Crippen molar-refractivity contribution in [2.45, 2.75) is 152 Å². The molecule has 5 saturated carbocycles. The quantitative estimate of drug-likeness (QED) is 0.123. The molecule has 0 radical (unpaired) electrons. The molecular formula is C52H68Fe2N2O2P2. The van der Waals surface area contributed by atoms with Crippen molar-refractivity contribution in [1.82, 2.24) is 10.6 Å². The number of carbonyl (C=O) groups excluding carboxylic acids is 2. The van der Waals surface area contributed by atoms with E-state index >= 15 is 0 Å². The van der Waals surface area contributed by atoms with Gasteiger partial charge in [-0.3, -0.25) is 9.59 Å². The third kappa shape index (κ3) is 13.6. The molecule has 2 amide bonds. The van der Waals surface area contributed by atoms with Crippen LogP contribution in [0.1, 0.15) is 128 Å². The molecular weight excluding hydrogens is 858 g/mol. The van der Waals surface area contributed by atoms with Crippen molar-refractivity contribution in [2.24, 2.45) is 11.8 Å². The van der Waals surface area contributed by atoms with Gasteiger partial charge in [0, 0.05) is 58.1 Å². The third-order valence-electron chi connectivity index (χ3n) is 13.4. The van der Waals surface area contributed by atoms with Gasteiger partial charge in [0.1, 0.15) is 0 Å². The van der Waals surface area contributed by atoms with Gasteiger partial charge < -0.3 is 10.6 Å². The number of hydrogen-bond donors (Lipinski definition) is 2. The molecule has 5 fully saturated rings. The van der Waals surface area contributed by atoms with E-state index in [2.05, 4.69) is 132 Å². The number of carbonyl (C=O) groups is 2. The molecule has 0 aromatic heterocycles. The van der Waals surface area contributed by atoms with Gasteiger partial charge in [-0.2, -0.15) is 0 Å². The Morgan fingerprint density at radius 1 is 0.350 bits per heavy atom. The van der Waals surface area contributed by atoms with Gasteiger partial charge in [-0.25, -0.2) is 0 Å². The van der Waals surface area contributed by atoms with E-state index in [1.807, 2.05) is 0 Å². The van der Waals surface area contributed by atoms with Crippen LogP contribution in [0.15, 0.2) is 121 Å². The van der Waals surface area contributed by atoms with E-state index in [0.717, 1.165) is 64.2 Å². The molecule has 9 rings (SSSR count). The Labute approximate surface area is 385 Å². The van der Waals surface area contributed by atoms with E-state index in [9.17, 15) is 9.59 Å². The van der Waals surface area contributed by atoms with Crippen LogP contribution >= 0.6 is 15.8 Å². The van der Waals surface area contributed by atoms with Gasteiger partial charge in [-0.15, -0.1) is 0 Å². The van der Waals surface area contributed by atoms with Crippen LogP contribution in [0.4, 0.5) is 0 Å². The minimum atomic E-state index is -0.657. The van der Waals surface area contributed by atoms with Crippen LogP contribution in [-0.4, -0.2) is 35.2 Å². The maximum absolute atomic E-state index is 14.2. The fourth-order valence-electron chi connectivity index (χ4n) is 10.4. The van der Waals surface area contributed by atoms with Crippen LogP contribution in [-0.2, 0) is 43.7 Å². The summed E-state index contributed by atoms with van der Waals surface area (Å²) in [6.45, 7) is 0. The van der Waals surface area contributed by atoms with E-state index < -0.39 is 15.8 Å². The number of rotatable bonds is 10. The first-order valence-corrected chi connectivity index (χ1v) is 25.9. The molecule has 0 spiro atoms. The minimum absolute atomic E-state index is 0. The topological polar surface area (TPSA) is 58.2 Å². The second-order valence-corrected chi connectivity index (χ2v) is 22.2. The summed E-state index contributed by atoms with van der Waals surface area (Å²) in [5.41, 5.74) is 0.631. The Balaban J connectivity index is 0.000000499. The van der Waals surface area contributed by atoms with Crippen molar-refractivity contribution in [2.75, 3.05) is 0 Å². The smallest absolute Gasteiger partial charge is 0.224 e. The molecule has 324 valence electrons. The van der Waals surface area contributed by atoms with E-state index in [1.165, 1.54) is 85.4 Å². The maximum atomic E-state index is 14.2. The Morgan fingerprint density at radius 3 is 0.883 bits per heavy atom. The van der Waals surface area contributed by atoms with Crippen LogP contribution in [0.3, 0.4) is 0 Å². The van der Waals surface area contributed by atoms with E-state index in [4.69, 9.17) is 0 Å². The SMILES string of the molecule is C1CCCC1.C1CCCC1.O=C(N[C@H]1CCCC[C@@H]1NC(=O)C1CCCC1P(c1ccccc1)c1ccccc1)C1CCCC1P(c1ccccc1)c1ccccc1.[Fe].[Fe]. The average Bonchev–Trinajstić information content (AvgIpc) is 4.14. The second kappa shape index (κ2) is 26.4. The number of nitrogens with one attached hydrogen (secondary N) is 2. The molecule has 4 unspecified atom stereocenters. The van der Waals surface area contributed by atoms with Crippen molar-refractivity contribution >= 4 is 48.9 Å². The molecule has 0 aliphatic heterocycles. The number of benzene rings is 4. The molecule has 8 heteroatoms. The van der Waals surface area contributed by atoms with Gasteiger partial charge in [0.2, 0.25) is 11.8 Å². The molecule has 0 saturated heterocycles. The summed E-state index contributed by atoms with van der Waals surface area (Å²) in [6, 6.07) is 43.3. The third-order valence-corrected chi connectivity index (χ3v) is 19.3. The molecule has 0 heterocycles. The zero-order valence-corrected chi connectivity index (χ0v) is 39.6. The minimum Gasteiger partial charge on any atom is -0.351 e. The Morgan fingerprint density at radius 2 is 0.617 bits per heavy atom. The first-order valence-electron chi connectivity index (χ1n) is 23.1. The van der Waals surface area contributed by atoms with Gasteiger partial charge in [-0.05, 0) is 86.9 Å².